The number of likely N-dealkylation sites (tertiary alicyclic amines) is 1. The molecule has 2 fully saturated rings. The molecular weight excluding hydrogens is 298 g/mol. The third-order valence-corrected chi connectivity index (χ3v) is 5.80. The summed E-state index contributed by atoms with van der Waals surface area (Å²) in [4.78, 5) is 20.8. The van der Waals surface area contributed by atoms with Gasteiger partial charge in [-0.15, -0.1) is 11.3 Å². The van der Waals surface area contributed by atoms with E-state index in [1.807, 2.05) is 6.92 Å². The van der Waals surface area contributed by atoms with E-state index in [9.17, 15) is 4.79 Å². The molecule has 0 aromatic carbocycles. The highest BCUT2D eigenvalue weighted by Gasteiger charge is 2.38. The van der Waals surface area contributed by atoms with Gasteiger partial charge in [-0.1, -0.05) is 0 Å². The van der Waals surface area contributed by atoms with Crippen molar-refractivity contribution in [2.24, 2.45) is 5.92 Å². The van der Waals surface area contributed by atoms with E-state index in [4.69, 9.17) is 4.74 Å². The van der Waals surface area contributed by atoms with Crippen molar-refractivity contribution < 1.29 is 9.53 Å². The molecule has 5 nitrogen and oxygen atoms in total. The van der Waals surface area contributed by atoms with Crippen LogP contribution in [0.1, 0.15) is 40.8 Å². The normalized spacial score (nSPS) is 25.6. The molecule has 1 unspecified atom stereocenters. The molecule has 0 aliphatic carbocycles. The molecule has 3 rings (SSSR count). The van der Waals surface area contributed by atoms with E-state index in [0.29, 0.717) is 12.5 Å². The van der Waals surface area contributed by atoms with Gasteiger partial charge in [-0.2, -0.15) is 0 Å². The van der Waals surface area contributed by atoms with Crippen LogP contribution in [0.2, 0.25) is 0 Å². The molecule has 2 saturated heterocycles. The Morgan fingerprint density at radius 2 is 2.14 bits per heavy atom. The zero-order chi connectivity index (χ0) is 15.5. The highest BCUT2D eigenvalue weighted by molar-refractivity contribution is 7.11. The Morgan fingerprint density at radius 3 is 2.86 bits per heavy atom. The molecule has 0 spiro atoms. The number of nitrogens with zero attached hydrogens (tertiary/aromatic N) is 2. The summed E-state index contributed by atoms with van der Waals surface area (Å²) in [7, 11) is 1.70. The van der Waals surface area contributed by atoms with E-state index >= 15 is 0 Å². The van der Waals surface area contributed by atoms with Crippen molar-refractivity contribution in [3.05, 3.63) is 15.6 Å². The van der Waals surface area contributed by atoms with E-state index < -0.39 is 0 Å². The Labute approximate surface area is 136 Å². The number of thiazole rings is 1. The molecule has 6 heteroatoms. The van der Waals surface area contributed by atoms with Crippen molar-refractivity contribution in [2.75, 3.05) is 33.3 Å². The van der Waals surface area contributed by atoms with Crippen LogP contribution in [-0.4, -0.2) is 49.1 Å². The molecule has 0 radical (unpaired) electrons. The number of hydrogen-bond acceptors (Lipinski definition) is 5. The average Bonchev–Trinajstić information content (AvgIpc) is 3.14. The SMILES string of the molecule is COCc1nc(C)sc1[C@@H]1CNCC1C(=O)N1CCCCC1. The number of aryl methyl sites for hydroxylation is 1. The minimum Gasteiger partial charge on any atom is -0.378 e. The summed E-state index contributed by atoms with van der Waals surface area (Å²) in [6.07, 6.45) is 3.54. The van der Waals surface area contributed by atoms with Gasteiger partial charge in [0, 0.05) is 44.1 Å². The van der Waals surface area contributed by atoms with Crippen molar-refractivity contribution >= 4 is 17.2 Å². The van der Waals surface area contributed by atoms with Crippen molar-refractivity contribution in [1.82, 2.24) is 15.2 Å². The van der Waals surface area contributed by atoms with E-state index in [-0.39, 0.29) is 11.8 Å². The standard InChI is InChI=1S/C16H25N3O2S/c1-11-18-14(10-21-2)15(22-11)12-8-17-9-13(12)16(20)19-6-4-3-5-7-19/h12-13,17H,3-10H2,1-2H3/t12-,13?/m1/s1. The van der Waals surface area contributed by atoms with Gasteiger partial charge in [0.25, 0.3) is 0 Å². The molecule has 1 N–H and O–H groups in total. The zero-order valence-electron chi connectivity index (χ0n) is 13.4. The maximum atomic E-state index is 12.9. The van der Waals surface area contributed by atoms with E-state index in [2.05, 4.69) is 15.2 Å². The van der Waals surface area contributed by atoms with Crippen LogP contribution >= 0.6 is 11.3 Å². The van der Waals surface area contributed by atoms with E-state index in [0.717, 1.165) is 49.7 Å². The number of aromatic nitrogens is 1. The number of ether oxygens (including phenoxy) is 1. The Hall–Kier alpha value is -0.980. The van der Waals surface area contributed by atoms with Gasteiger partial charge in [-0.25, -0.2) is 4.98 Å². The van der Waals surface area contributed by atoms with Crippen molar-refractivity contribution in [3.63, 3.8) is 0 Å². The number of carbonyl (C=O) groups is 1. The van der Waals surface area contributed by atoms with E-state index in [1.54, 1.807) is 18.4 Å². The maximum absolute atomic E-state index is 12.9. The summed E-state index contributed by atoms with van der Waals surface area (Å²) in [5, 5.41) is 4.46. The van der Waals surface area contributed by atoms with Crippen LogP contribution in [0.15, 0.2) is 0 Å². The van der Waals surface area contributed by atoms with Gasteiger partial charge < -0.3 is 15.0 Å². The molecule has 122 valence electrons. The van der Waals surface area contributed by atoms with Gasteiger partial charge >= 0.3 is 0 Å². The largest absolute Gasteiger partial charge is 0.378 e. The fraction of sp³-hybridized carbons (Fsp3) is 0.750. The average molecular weight is 323 g/mol. The first kappa shape index (κ1) is 15.9. The van der Waals surface area contributed by atoms with Crippen LogP contribution < -0.4 is 5.32 Å². The summed E-state index contributed by atoms with van der Waals surface area (Å²) in [5.41, 5.74) is 1.01. The van der Waals surface area contributed by atoms with Gasteiger partial charge in [0.2, 0.25) is 5.91 Å². The minimum absolute atomic E-state index is 0.0496. The first-order chi connectivity index (χ1) is 10.7. The molecule has 1 aromatic heterocycles. The predicted octanol–water partition coefficient (Wildman–Crippen LogP) is 1.91. The van der Waals surface area contributed by atoms with Crippen molar-refractivity contribution in [1.29, 1.82) is 0 Å². The predicted molar refractivity (Wildman–Crippen MR) is 87.1 cm³/mol. The lowest BCUT2D eigenvalue weighted by molar-refractivity contribution is -0.136. The van der Waals surface area contributed by atoms with Gasteiger partial charge in [-0.05, 0) is 26.2 Å². The first-order valence-electron chi connectivity index (χ1n) is 8.15. The third-order valence-electron chi connectivity index (χ3n) is 4.65. The molecule has 2 atom stereocenters. The lowest BCUT2D eigenvalue weighted by Crippen LogP contribution is -2.41. The maximum Gasteiger partial charge on any atom is 0.227 e. The summed E-state index contributed by atoms with van der Waals surface area (Å²) in [6, 6.07) is 0. The summed E-state index contributed by atoms with van der Waals surface area (Å²) >= 11 is 1.72. The van der Waals surface area contributed by atoms with Gasteiger partial charge in [0.05, 0.1) is 23.2 Å². The monoisotopic (exact) mass is 323 g/mol. The van der Waals surface area contributed by atoms with Gasteiger partial charge in [0.1, 0.15) is 0 Å². The third kappa shape index (κ3) is 3.19. The number of amides is 1. The van der Waals surface area contributed by atoms with Crippen LogP contribution in [0, 0.1) is 12.8 Å². The van der Waals surface area contributed by atoms with Crippen LogP contribution in [0.3, 0.4) is 0 Å². The molecule has 22 heavy (non-hydrogen) atoms. The second kappa shape index (κ2) is 7.06. The second-order valence-corrected chi connectivity index (χ2v) is 7.47. The highest BCUT2D eigenvalue weighted by Crippen LogP contribution is 2.36. The number of methoxy groups -OCH3 is 1. The molecule has 0 saturated carbocycles. The zero-order valence-corrected chi connectivity index (χ0v) is 14.2. The number of rotatable bonds is 4. The second-order valence-electron chi connectivity index (χ2n) is 6.23. The molecular formula is C16H25N3O2S. The van der Waals surface area contributed by atoms with Gasteiger partial charge in [-0.3, -0.25) is 4.79 Å². The Morgan fingerprint density at radius 1 is 1.36 bits per heavy atom. The molecule has 2 aliphatic rings. The van der Waals surface area contributed by atoms with Crippen LogP contribution in [0.25, 0.3) is 0 Å². The van der Waals surface area contributed by atoms with Crippen molar-refractivity contribution in [2.45, 2.75) is 38.7 Å². The van der Waals surface area contributed by atoms with Crippen LogP contribution in [-0.2, 0) is 16.1 Å². The summed E-state index contributed by atoms with van der Waals surface area (Å²) in [5.74, 6) is 0.614. The van der Waals surface area contributed by atoms with Crippen LogP contribution in [0.5, 0.6) is 0 Å². The smallest absolute Gasteiger partial charge is 0.227 e. The molecule has 0 bridgehead atoms. The molecule has 1 amide bonds. The first-order valence-corrected chi connectivity index (χ1v) is 8.97. The Kier molecular flexibility index (Phi) is 5.10. The fourth-order valence-electron chi connectivity index (χ4n) is 3.58. The molecule has 1 aromatic rings. The number of hydrogen-bond donors (Lipinski definition) is 1. The van der Waals surface area contributed by atoms with Crippen LogP contribution in [0.4, 0.5) is 0 Å². The highest BCUT2D eigenvalue weighted by atomic mass is 32.1. The van der Waals surface area contributed by atoms with Crippen molar-refractivity contribution in [3.8, 4) is 0 Å². The molecule has 2 aliphatic heterocycles. The molecule has 3 heterocycles. The fourth-order valence-corrected chi connectivity index (χ4v) is 4.67. The summed E-state index contributed by atoms with van der Waals surface area (Å²) in [6.45, 7) is 6.05. The lowest BCUT2D eigenvalue weighted by atomic mass is 9.91. The summed E-state index contributed by atoms with van der Waals surface area (Å²) < 4.78 is 5.28. The minimum atomic E-state index is 0.0496. The quantitative estimate of drug-likeness (QED) is 0.920. The number of nitrogens with one attached hydrogen (secondary N) is 1. The lowest BCUT2D eigenvalue weighted by Gasteiger charge is -2.30. The number of piperidine rings is 1. The Balaban J connectivity index is 1.79. The Bertz CT molecular complexity index is 525. The topological polar surface area (TPSA) is 54.5 Å². The van der Waals surface area contributed by atoms with E-state index in [1.165, 1.54) is 11.3 Å². The number of carbonyl (C=O) groups excluding carboxylic acids is 1. The van der Waals surface area contributed by atoms with Gasteiger partial charge in [0.15, 0.2) is 0 Å².